The number of halogens is 2. The second-order valence-electron chi connectivity index (χ2n) is 5.94. The standard InChI is InChI=1S/C20H17F2NO2/c21-15-5-1-13(2-6-15)11-19(25)20-17(9-10-18(20)24)23-12-14-3-7-16(22)8-4-14/h1-8,25H,9-12H2/b20-19+,23-17?. The van der Waals surface area contributed by atoms with E-state index in [1.54, 1.807) is 24.3 Å². The van der Waals surface area contributed by atoms with Crippen molar-refractivity contribution in [2.45, 2.75) is 25.8 Å². The Morgan fingerprint density at radius 1 is 0.920 bits per heavy atom. The number of ketones is 1. The lowest BCUT2D eigenvalue weighted by molar-refractivity contribution is -0.114. The highest BCUT2D eigenvalue weighted by Gasteiger charge is 2.27. The lowest BCUT2D eigenvalue weighted by atomic mass is 10.0. The minimum absolute atomic E-state index is 0.0491. The molecule has 0 heterocycles. The Hall–Kier alpha value is -2.82. The number of carbonyl (C=O) groups excluding carboxylic acids is 1. The molecule has 128 valence electrons. The van der Waals surface area contributed by atoms with E-state index in [1.807, 2.05) is 0 Å². The molecule has 2 aromatic rings. The first-order valence-electron chi connectivity index (χ1n) is 8.01. The molecule has 0 radical (unpaired) electrons. The van der Waals surface area contributed by atoms with Gasteiger partial charge in [0.1, 0.15) is 17.4 Å². The summed E-state index contributed by atoms with van der Waals surface area (Å²) in [7, 11) is 0. The van der Waals surface area contributed by atoms with Crippen molar-refractivity contribution in [1.82, 2.24) is 0 Å². The molecule has 0 aromatic heterocycles. The van der Waals surface area contributed by atoms with Gasteiger partial charge in [-0.1, -0.05) is 24.3 Å². The maximum Gasteiger partial charge on any atom is 0.168 e. The topological polar surface area (TPSA) is 49.7 Å². The van der Waals surface area contributed by atoms with Crippen LogP contribution in [0.15, 0.2) is 64.9 Å². The molecule has 1 aliphatic carbocycles. The minimum Gasteiger partial charge on any atom is -0.511 e. The van der Waals surface area contributed by atoms with E-state index in [-0.39, 0.29) is 35.2 Å². The zero-order valence-corrected chi connectivity index (χ0v) is 13.5. The molecular formula is C20H17F2NO2. The molecule has 5 heteroatoms. The van der Waals surface area contributed by atoms with Crippen LogP contribution in [0.25, 0.3) is 0 Å². The molecule has 0 bridgehead atoms. The van der Waals surface area contributed by atoms with E-state index in [9.17, 15) is 18.7 Å². The smallest absolute Gasteiger partial charge is 0.168 e. The zero-order chi connectivity index (χ0) is 17.8. The SMILES string of the molecule is O=C1CCC(=NCc2ccc(F)cc2)/C1=C(\O)Cc1ccc(F)cc1. The predicted octanol–water partition coefficient (Wildman–Crippen LogP) is 4.32. The Bertz CT molecular complexity index is 837. The van der Waals surface area contributed by atoms with Gasteiger partial charge in [-0.2, -0.15) is 0 Å². The first kappa shape index (κ1) is 17.0. The monoisotopic (exact) mass is 341 g/mol. The summed E-state index contributed by atoms with van der Waals surface area (Å²) in [5.41, 5.74) is 2.36. The lowest BCUT2D eigenvalue weighted by Crippen LogP contribution is -2.07. The number of allylic oxidation sites excluding steroid dienone is 2. The fourth-order valence-corrected chi connectivity index (χ4v) is 2.79. The molecule has 1 aliphatic rings. The van der Waals surface area contributed by atoms with Gasteiger partial charge >= 0.3 is 0 Å². The maximum atomic E-state index is 13.0. The summed E-state index contributed by atoms with van der Waals surface area (Å²) in [4.78, 5) is 16.5. The molecule has 1 fully saturated rings. The van der Waals surface area contributed by atoms with Gasteiger partial charge in [0.15, 0.2) is 5.78 Å². The quantitative estimate of drug-likeness (QED) is 0.665. The zero-order valence-electron chi connectivity index (χ0n) is 13.5. The molecule has 3 nitrogen and oxygen atoms in total. The molecule has 0 atom stereocenters. The number of benzene rings is 2. The number of nitrogens with zero attached hydrogens (tertiary/aromatic N) is 1. The molecule has 0 saturated heterocycles. The van der Waals surface area contributed by atoms with Crippen LogP contribution in [-0.4, -0.2) is 16.6 Å². The minimum atomic E-state index is -0.352. The van der Waals surface area contributed by atoms with Crippen molar-refractivity contribution in [1.29, 1.82) is 0 Å². The largest absolute Gasteiger partial charge is 0.511 e. The summed E-state index contributed by atoms with van der Waals surface area (Å²) in [6.07, 6.45) is 0.935. The van der Waals surface area contributed by atoms with Gasteiger partial charge in [0.2, 0.25) is 0 Å². The van der Waals surface area contributed by atoms with E-state index < -0.39 is 0 Å². The van der Waals surface area contributed by atoms with Crippen LogP contribution in [-0.2, 0) is 17.8 Å². The highest BCUT2D eigenvalue weighted by molar-refractivity contribution is 6.27. The van der Waals surface area contributed by atoms with Gasteiger partial charge in [0, 0.05) is 18.6 Å². The third-order valence-electron chi connectivity index (χ3n) is 4.10. The van der Waals surface area contributed by atoms with Crippen LogP contribution >= 0.6 is 0 Å². The van der Waals surface area contributed by atoms with Gasteiger partial charge in [-0.25, -0.2) is 8.78 Å². The Labute approximate surface area is 144 Å². The number of hydrogen-bond donors (Lipinski definition) is 1. The van der Waals surface area contributed by atoms with Crippen molar-refractivity contribution < 1.29 is 18.7 Å². The van der Waals surface area contributed by atoms with Gasteiger partial charge in [-0.3, -0.25) is 9.79 Å². The molecule has 0 amide bonds. The molecule has 2 aromatic carbocycles. The summed E-state index contributed by atoms with van der Waals surface area (Å²) < 4.78 is 25.9. The van der Waals surface area contributed by atoms with Crippen molar-refractivity contribution in [3.05, 3.63) is 82.6 Å². The number of aliphatic imine (C=N–C) groups is 1. The third kappa shape index (κ3) is 4.18. The van der Waals surface area contributed by atoms with Gasteiger partial charge in [-0.05, 0) is 41.8 Å². The van der Waals surface area contributed by atoms with Crippen LogP contribution < -0.4 is 0 Å². The van der Waals surface area contributed by atoms with E-state index >= 15 is 0 Å². The van der Waals surface area contributed by atoms with Gasteiger partial charge in [0.25, 0.3) is 0 Å². The molecule has 1 saturated carbocycles. The number of aliphatic hydroxyl groups excluding tert-OH is 1. The van der Waals surface area contributed by atoms with Gasteiger partial charge in [0.05, 0.1) is 12.1 Å². The van der Waals surface area contributed by atoms with E-state index in [4.69, 9.17) is 0 Å². The van der Waals surface area contributed by atoms with Crippen LogP contribution in [0, 0.1) is 11.6 Å². The van der Waals surface area contributed by atoms with E-state index in [0.29, 0.717) is 30.7 Å². The van der Waals surface area contributed by atoms with Crippen molar-refractivity contribution in [2.24, 2.45) is 4.99 Å². The van der Waals surface area contributed by atoms with Crippen LogP contribution in [0.3, 0.4) is 0 Å². The molecule has 0 spiro atoms. The molecular weight excluding hydrogens is 324 g/mol. The Balaban J connectivity index is 1.81. The lowest BCUT2D eigenvalue weighted by Gasteiger charge is -2.06. The fraction of sp³-hybridized carbons (Fsp3) is 0.200. The fourth-order valence-electron chi connectivity index (χ4n) is 2.79. The van der Waals surface area contributed by atoms with Crippen LogP contribution in [0.5, 0.6) is 0 Å². The van der Waals surface area contributed by atoms with Gasteiger partial charge < -0.3 is 5.11 Å². The summed E-state index contributed by atoms with van der Waals surface area (Å²) >= 11 is 0. The molecule has 0 aliphatic heterocycles. The number of Topliss-reactive ketones (excluding diaryl/α,β-unsaturated/α-hetero) is 1. The summed E-state index contributed by atoms with van der Waals surface area (Å²) in [5, 5.41) is 10.4. The van der Waals surface area contributed by atoms with Crippen LogP contribution in [0.2, 0.25) is 0 Å². The van der Waals surface area contributed by atoms with Crippen LogP contribution in [0.1, 0.15) is 24.0 Å². The first-order chi connectivity index (χ1) is 12.0. The molecule has 25 heavy (non-hydrogen) atoms. The van der Waals surface area contributed by atoms with Crippen LogP contribution in [0.4, 0.5) is 8.78 Å². The number of carbonyl (C=O) groups is 1. The van der Waals surface area contributed by atoms with Crippen molar-refractivity contribution in [3.63, 3.8) is 0 Å². The highest BCUT2D eigenvalue weighted by atomic mass is 19.1. The average molecular weight is 341 g/mol. The Morgan fingerprint density at radius 2 is 1.48 bits per heavy atom. The number of hydrogen-bond acceptors (Lipinski definition) is 3. The maximum absolute atomic E-state index is 13.0. The predicted molar refractivity (Wildman–Crippen MR) is 91.5 cm³/mol. The number of rotatable bonds is 4. The summed E-state index contributed by atoms with van der Waals surface area (Å²) in [5.74, 6) is -0.858. The van der Waals surface area contributed by atoms with Crippen molar-refractivity contribution in [3.8, 4) is 0 Å². The van der Waals surface area contributed by atoms with E-state index in [2.05, 4.69) is 4.99 Å². The average Bonchev–Trinajstić information content (AvgIpc) is 2.97. The van der Waals surface area contributed by atoms with Crippen molar-refractivity contribution >= 4 is 11.5 Å². The summed E-state index contributed by atoms with van der Waals surface area (Å²) in [6, 6.07) is 11.8. The Morgan fingerprint density at radius 3 is 2.08 bits per heavy atom. The Kier molecular flexibility index (Phi) is 5.03. The second kappa shape index (κ2) is 7.38. The molecule has 3 rings (SSSR count). The molecule has 0 unspecified atom stereocenters. The first-order valence-corrected chi connectivity index (χ1v) is 8.01. The van der Waals surface area contributed by atoms with E-state index in [1.165, 1.54) is 24.3 Å². The second-order valence-corrected chi connectivity index (χ2v) is 5.94. The number of aliphatic hydroxyl groups is 1. The highest BCUT2D eigenvalue weighted by Crippen LogP contribution is 2.24. The van der Waals surface area contributed by atoms with Crippen molar-refractivity contribution in [2.75, 3.05) is 0 Å². The normalized spacial score (nSPS) is 18.0. The van der Waals surface area contributed by atoms with Gasteiger partial charge in [-0.15, -0.1) is 0 Å². The third-order valence-corrected chi connectivity index (χ3v) is 4.10. The van der Waals surface area contributed by atoms with E-state index in [0.717, 1.165) is 5.56 Å². The molecule has 1 N–H and O–H groups in total. The summed E-state index contributed by atoms with van der Waals surface area (Å²) in [6.45, 7) is 0.316.